The van der Waals surface area contributed by atoms with Gasteiger partial charge < -0.3 is 9.47 Å². The molecule has 0 aliphatic heterocycles. The smallest absolute Gasteiger partial charge is 0.348 e. The van der Waals surface area contributed by atoms with Crippen molar-refractivity contribution in [3.63, 3.8) is 0 Å². The Kier molecular flexibility index (Phi) is 5.80. The first-order valence-electron chi connectivity index (χ1n) is 7.01. The number of benzene rings is 1. The Balaban J connectivity index is 2.63. The van der Waals surface area contributed by atoms with E-state index < -0.39 is 54.9 Å². The predicted octanol–water partition coefficient (Wildman–Crippen LogP) is 2.85. The van der Waals surface area contributed by atoms with Crippen molar-refractivity contribution in [1.82, 2.24) is 0 Å². The Labute approximate surface area is 155 Å². The second kappa shape index (κ2) is 7.56. The van der Waals surface area contributed by atoms with Crippen molar-refractivity contribution < 1.29 is 40.7 Å². The lowest BCUT2D eigenvalue weighted by molar-refractivity contribution is 0.0596. The summed E-state index contributed by atoms with van der Waals surface area (Å²) in [6.07, 6.45) is 0. The Morgan fingerprint density at radius 1 is 1.04 bits per heavy atom. The van der Waals surface area contributed by atoms with Crippen LogP contribution in [0.5, 0.6) is 0 Å². The van der Waals surface area contributed by atoms with Crippen LogP contribution in [-0.4, -0.2) is 34.6 Å². The van der Waals surface area contributed by atoms with E-state index >= 15 is 0 Å². The number of nitrogens with one attached hydrogen (secondary N) is 1. The molecule has 0 radical (unpaired) electrons. The number of hydrogen-bond donors (Lipinski definition) is 1. The molecular formula is C15H12F3NO6S2. The second-order valence-corrected chi connectivity index (χ2v) is 7.93. The molecule has 0 unspecified atom stereocenters. The van der Waals surface area contributed by atoms with Gasteiger partial charge in [0.15, 0.2) is 21.7 Å². The lowest BCUT2D eigenvalue weighted by Crippen LogP contribution is -2.17. The van der Waals surface area contributed by atoms with Crippen LogP contribution in [0, 0.1) is 24.4 Å². The highest BCUT2D eigenvalue weighted by atomic mass is 32.2. The van der Waals surface area contributed by atoms with E-state index in [1.54, 1.807) is 4.72 Å². The molecule has 1 aromatic heterocycles. The highest BCUT2D eigenvalue weighted by Crippen LogP contribution is 2.34. The normalized spacial score (nSPS) is 11.2. The molecule has 2 aromatic rings. The van der Waals surface area contributed by atoms with Crippen LogP contribution in [0.15, 0.2) is 16.3 Å². The summed E-state index contributed by atoms with van der Waals surface area (Å²) in [5.74, 6) is -7.11. The number of carbonyl (C=O) groups is 2. The fourth-order valence-corrected chi connectivity index (χ4v) is 4.90. The molecule has 0 aliphatic rings. The molecule has 0 saturated heterocycles. The van der Waals surface area contributed by atoms with Crippen LogP contribution in [0.4, 0.5) is 18.9 Å². The third-order valence-corrected chi connectivity index (χ3v) is 6.55. The zero-order valence-corrected chi connectivity index (χ0v) is 15.7. The molecular weight excluding hydrogens is 411 g/mol. The van der Waals surface area contributed by atoms with Gasteiger partial charge in [-0.1, -0.05) is 0 Å². The van der Waals surface area contributed by atoms with Gasteiger partial charge in [-0.15, -0.1) is 11.3 Å². The number of carbonyl (C=O) groups excluding carboxylic acids is 2. The Morgan fingerprint density at radius 2 is 1.63 bits per heavy atom. The van der Waals surface area contributed by atoms with Crippen LogP contribution in [0.2, 0.25) is 0 Å². The van der Waals surface area contributed by atoms with E-state index in [0.717, 1.165) is 14.2 Å². The first-order valence-corrected chi connectivity index (χ1v) is 9.31. The van der Waals surface area contributed by atoms with Crippen molar-refractivity contribution in [3.05, 3.63) is 45.6 Å². The average molecular weight is 423 g/mol. The Hall–Kier alpha value is -2.60. The fourth-order valence-electron chi connectivity index (χ4n) is 2.10. The first kappa shape index (κ1) is 20.7. The third kappa shape index (κ3) is 3.76. The standard InChI is InChI=1S/C15H12F3NO6S2/c1-6-9(13(20)24-2)15(26-12(6)14(21)25-3)27(22,23)19-8-5-4-7(16)10(17)11(8)18/h4-5,19H,1-3H3. The van der Waals surface area contributed by atoms with Gasteiger partial charge in [-0.25, -0.2) is 31.2 Å². The molecule has 0 fully saturated rings. The molecule has 0 saturated carbocycles. The van der Waals surface area contributed by atoms with E-state index in [4.69, 9.17) is 0 Å². The van der Waals surface area contributed by atoms with Gasteiger partial charge in [0.2, 0.25) is 0 Å². The van der Waals surface area contributed by atoms with Crippen LogP contribution in [0.3, 0.4) is 0 Å². The summed E-state index contributed by atoms with van der Waals surface area (Å²) in [6, 6.07) is 1.20. The maximum absolute atomic E-state index is 13.8. The summed E-state index contributed by atoms with van der Waals surface area (Å²) in [7, 11) is -2.61. The van der Waals surface area contributed by atoms with Crippen molar-refractivity contribution in [2.75, 3.05) is 18.9 Å². The van der Waals surface area contributed by atoms with E-state index in [1.807, 2.05) is 0 Å². The maximum atomic E-state index is 13.8. The molecule has 2 rings (SSSR count). The molecule has 0 aliphatic carbocycles. The van der Waals surface area contributed by atoms with E-state index in [-0.39, 0.29) is 10.4 Å². The van der Waals surface area contributed by atoms with Gasteiger partial charge in [0.1, 0.15) is 4.88 Å². The van der Waals surface area contributed by atoms with E-state index in [9.17, 15) is 31.2 Å². The number of esters is 2. The largest absolute Gasteiger partial charge is 0.465 e. The minimum absolute atomic E-state index is 0.0233. The molecule has 1 aromatic carbocycles. The third-order valence-electron chi connectivity index (χ3n) is 3.40. The summed E-state index contributed by atoms with van der Waals surface area (Å²) < 4.78 is 75.5. The zero-order chi connectivity index (χ0) is 20.5. The number of hydrogen-bond acceptors (Lipinski definition) is 7. The van der Waals surface area contributed by atoms with E-state index in [1.165, 1.54) is 6.92 Å². The van der Waals surface area contributed by atoms with Crippen molar-refractivity contribution in [3.8, 4) is 0 Å². The number of halogens is 3. The Bertz CT molecular complexity index is 1030. The topological polar surface area (TPSA) is 98.8 Å². The lowest BCUT2D eigenvalue weighted by Gasteiger charge is -2.10. The van der Waals surface area contributed by atoms with Crippen molar-refractivity contribution in [2.45, 2.75) is 11.1 Å². The van der Waals surface area contributed by atoms with Crippen LogP contribution in [0.1, 0.15) is 25.6 Å². The Morgan fingerprint density at radius 3 is 2.19 bits per heavy atom. The number of ether oxygens (including phenoxy) is 2. The van der Waals surface area contributed by atoms with Crippen LogP contribution in [0.25, 0.3) is 0 Å². The monoisotopic (exact) mass is 423 g/mol. The van der Waals surface area contributed by atoms with Crippen molar-refractivity contribution in [2.24, 2.45) is 0 Å². The predicted molar refractivity (Wildman–Crippen MR) is 88.9 cm³/mol. The average Bonchev–Trinajstić information content (AvgIpc) is 2.99. The molecule has 1 heterocycles. The number of methoxy groups -OCH3 is 2. The number of sulfonamides is 1. The maximum Gasteiger partial charge on any atom is 0.348 e. The molecule has 12 heteroatoms. The number of anilines is 1. The summed E-state index contributed by atoms with van der Waals surface area (Å²) in [5, 5.41) is 0. The molecule has 0 spiro atoms. The molecule has 27 heavy (non-hydrogen) atoms. The van der Waals surface area contributed by atoms with Gasteiger partial charge in [0.25, 0.3) is 10.0 Å². The van der Waals surface area contributed by atoms with Crippen molar-refractivity contribution >= 4 is 39.0 Å². The molecule has 1 N–H and O–H groups in total. The van der Waals surface area contributed by atoms with Gasteiger partial charge in [0.05, 0.1) is 25.5 Å². The van der Waals surface area contributed by atoms with Crippen LogP contribution >= 0.6 is 11.3 Å². The van der Waals surface area contributed by atoms with E-state index in [0.29, 0.717) is 23.5 Å². The zero-order valence-electron chi connectivity index (χ0n) is 14.1. The quantitative estimate of drug-likeness (QED) is 0.587. The van der Waals surface area contributed by atoms with Crippen LogP contribution in [-0.2, 0) is 19.5 Å². The molecule has 7 nitrogen and oxygen atoms in total. The molecule has 0 amide bonds. The van der Waals surface area contributed by atoms with Crippen LogP contribution < -0.4 is 4.72 Å². The fraction of sp³-hybridized carbons (Fsp3) is 0.200. The van der Waals surface area contributed by atoms with Gasteiger partial charge in [-0.3, -0.25) is 4.72 Å². The lowest BCUT2D eigenvalue weighted by atomic mass is 10.2. The van der Waals surface area contributed by atoms with Crippen molar-refractivity contribution in [1.29, 1.82) is 0 Å². The van der Waals surface area contributed by atoms with Gasteiger partial charge in [0, 0.05) is 0 Å². The van der Waals surface area contributed by atoms with Gasteiger partial charge in [-0.2, -0.15) is 0 Å². The highest BCUT2D eigenvalue weighted by Gasteiger charge is 2.33. The summed E-state index contributed by atoms with van der Waals surface area (Å²) in [5.41, 5.74) is -1.36. The number of thiophene rings is 1. The number of rotatable bonds is 5. The molecule has 146 valence electrons. The summed E-state index contributed by atoms with van der Waals surface area (Å²) in [4.78, 5) is 23.6. The molecule has 0 bridgehead atoms. The van der Waals surface area contributed by atoms with E-state index in [2.05, 4.69) is 9.47 Å². The summed E-state index contributed by atoms with van der Waals surface area (Å²) in [6.45, 7) is 1.30. The molecule has 0 atom stereocenters. The second-order valence-electron chi connectivity index (χ2n) is 5.03. The van der Waals surface area contributed by atoms with Gasteiger partial charge in [-0.05, 0) is 24.6 Å². The van der Waals surface area contributed by atoms with Gasteiger partial charge >= 0.3 is 11.9 Å². The highest BCUT2D eigenvalue weighted by molar-refractivity contribution is 7.94. The minimum atomic E-state index is -4.66. The SMILES string of the molecule is COC(=O)c1sc(S(=O)(=O)Nc2ccc(F)c(F)c2F)c(C(=O)OC)c1C. The first-order chi connectivity index (χ1) is 12.5. The minimum Gasteiger partial charge on any atom is -0.465 e. The summed E-state index contributed by atoms with van der Waals surface area (Å²) >= 11 is 0.386.